The van der Waals surface area contributed by atoms with E-state index in [0.29, 0.717) is 0 Å². The lowest BCUT2D eigenvalue weighted by atomic mass is 9.74. The zero-order valence-electron chi connectivity index (χ0n) is 12.6. The van der Waals surface area contributed by atoms with Gasteiger partial charge in [-0.1, -0.05) is 13.3 Å². The van der Waals surface area contributed by atoms with Crippen molar-refractivity contribution in [1.29, 1.82) is 0 Å². The molecule has 0 bridgehead atoms. The van der Waals surface area contributed by atoms with Crippen molar-refractivity contribution in [2.75, 3.05) is 10.6 Å². The molecule has 1 aliphatic carbocycles. The van der Waals surface area contributed by atoms with Gasteiger partial charge in [-0.15, -0.1) is 0 Å². The van der Waals surface area contributed by atoms with Gasteiger partial charge in [0.1, 0.15) is 17.0 Å². The predicted octanol–water partition coefficient (Wildman–Crippen LogP) is 2.91. The molecule has 1 aromatic heterocycles. The lowest BCUT2D eigenvalue weighted by Crippen LogP contribution is -2.54. The number of nitrogens with one attached hydrogen (secondary N) is 2. The Morgan fingerprint density at radius 3 is 2.65 bits per heavy atom. The van der Waals surface area contributed by atoms with Crippen molar-refractivity contribution >= 4 is 17.4 Å². The summed E-state index contributed by atoms with van der Waals surface area (Å²) >= 11 is 0. The van der Waals surface area contributed by atoms with E-state index in [1.807, 2.05) is 11.6 Å². The molecule has 20 heavy (non-hydrogen) atoms. The molecule has 5 heteroatoms. The second-order valence-electron chi connectivity index (χ2n) is 6.14. The van der Waals surface area contributed by atoms with E-state index in [1.54, 1.807) is 0 Å². The molecule has 0 saturated heterocycles. The predicted molar refractivity (Wildman–Crippen MR) is 79.9 cm³/mol. The average molecular weight is 276 g/mol. The van der Waals surface area contributed by atoms with E-state index in [4.69, 9.17) is 0 Å². The van der Waals surface area contributed by atoms with Gasteiger partial charge in [-0.25, -0.2) is 4.68 Å². The molecule has 0 unspecified atom stereocenters. The Kier molecular flexibility index (Phi) is 3.22. The third-order valence-corrected chi connectivity index (χ3v) is 4.99. The molecule has 2 heterocycles. The summed E-state index contributed by atoms with van der Waals surface area (Å²) in [5.41, 5.74) is 1.33. The minimum atomic E-state index is -0.419. The molecule has 3 rings (SSSR count). The van der Waals surface area contributed by atoms with Gasteiger partial charge in [0.25, 0.3) is 0 Å². The van der Waals surface area contributed by atoms with Gasteiger partial charge in [-0.05, 0) is 45.4 Å². The van der Waals surface area contributed by atoms with Gasteiger partial charge in [-0.3, -0.25) is 4.79 Å². The van der Waals surface area contributed by atoms with Gasteiger partial charge in [0.2, 0.25) is 5.91 Å². The molecule has 1 spiro atoms. The Hall–Kier alpha value is -1.52. The van der Waals surface area contributed by atoms with Crippen LogP contribution in [0, 0.1) is 12.8 Å². The fourth-order valence-electron chi connectivity index (χ4n) is 3.53. The number of hydrogen-bond donors (Lipinski definition) is 2. The number of amides is 1. The summed E-state index contributed by atoms with van der Waals surface area (Å²) in [5.74, 6) is 1.88. The first-order chi connectivity index (χ1) is 9.59. The third-order valence-electron chi connectivity index (χ3n) is 4.99. The van der Waals surface area contributed by atoms with Crippen molar-refractivity contribution < 1.29 is 4.79 Å². The standard InChI is InChI=1S/C15H24N4O/c1-4-11-6-8-15(9-7-11)14(20)16-12-10(3)18-19(5-2)13(12)17-15/h11,17H,4-9H2,1-3H3,(H,16,20). The number of hydrogen-bond acceptors (Lipinski definition) is 3. The maximum absolute atomic E-state index is 12.6. The van der Waals surface area contributed by atoms with Crippen LogP contribution in [0.2, 0.25) is 0 Å². The van der Waals surface area contributed by atoms with E-state index in [0.717, 1.165) is 55.3 Å². The molecule has 0 radical (unpaired) electrons. The summed E-state index contributed by atoms with van der Waals surface area (Å²) in [6.07, 6.45) is 5.32. The van der Waals surface area contributed by atoms with Crippen LogP contribution in [0.1, 0.15) is 51.6 Å². The first-order valence-corrected chi connectivity index (χ1v) is 7.76. The van der Waals surface area contributed by atoms with Crippen molar-refractivity contribution in [3.63, 3.8) is 0 Å². The molecule has 0 atom stereocenters. The summed E-state index contributed by atoms with van der Waals surface area (Å²) in [6, 6.07) is 0. The molecule has 2 N–H and O–H groups in total. The van der Waals surface area contributed by atoms with Crippen molar-refractivity contribution in [3.05, 3.63) is 5.69 Å². The third kappa shape index (κ3) is 1.91. The zero-order chi connectivity index (χ0) is 14.3. The van der Waals surface area contributed by atoms with Crippen LogP contribution >= 0.6 is 0 Å². The van der Waals surface area contributed by atoms with Crippen LogP contribution in [0.25, 0.3) is 0 Å². The van der Waals surface area contributed by atoms with E-state index in [9.17, 15) is 4.79 Å². The van der Waals surface area contributed by atoms with E-state index in [2.05, 4.69) is 29.6 Å². The molecular formula is C15H24N4O. The van der Waals surface area contributed by atoms with Crippen molar-refractivity contribution in [1.82, 2.24) is 9.78 Å². The summed E-state index contributed by atoms with van der Waals surface area (Å²) < 4.78 is 1.96. The number of rotatable bonds is 2. The summed E-state index contributed by atoms with van der Waals surface area (Å²) in [4.78, 5) is 12.6. The topological polar surface area (TPSA) is 59.0 Å². The van der Waals surface area contributed by atoms with Gasteiger partial charge >= 0.3 is 0 Å². The largest absolute Gasteiger partial charge is 0.354 e. The molecule has 1 aromatic rings. The molecule has 0 aromatic carbocycles. The van der Waals surface area contributed by atoms with Crippen molar-refractivity contribution in [2.24, 2.45) is 5.92 Å². The number of nitrogens with zero attached hydrogens (tertiary/aromatic N) is 2. The van der Waals surface area contributed by atoms with Gasteiger partial charge in [-0.2, -0.15) is 5.10 Å². The maximum Gasteiger partial charge on any atom is 0.250 e. The van der Waals surface area contributed by atoms with Crippen molar-refractivity contribution in [2.45, 2.75) is 65.0 Å². The highest BCUT2D eigenvalue weighted by Gasteiger charge is 2.45. The zero-order valence-corrected chi connectivity index (χ0v) is 12.6. The van der Waals surface area contributed by atoms with E-state index >= 15 is 0 Å². The molecule has 1 saturated carbocycles. The summed E-state index contributed by atoms with van der Waals surface area (Å²) in [5, 5.41) is 11.1. The normalized spacial score (nSPS) is 28.9. The van der Waals surface area contributed by atoms with Gasteiger partial charge in [0.05, 0.1) is 5.69 Å². The highest BCUT2D eigenvalue weighted by Crippen LogP contribution is 2.42. The molecule has 110 valence electrons. The average Bonchev–Trinajstić information content (AvgIpc) is 2.76. The highest BCUT2D eigenvalue weighted by molar-refractivity contribution is 6.06. The Bertz CT molecular complexity index is 526. The van der Waals surface area contributed by atoms with Gasteiger partial charge in [0.15, 0.2) is 0 Å². The van der Waals surface area contributed by atoms with Crippen LogP contribution in [-0.4, -0.2) is 21.2 Å². The second-order valence-corrected chi connectivity index (χ2v) is 6.14. The smallest absolute Gasteiger partial charge is 0.250 e. The van der Waals surface area contributed by atoms with Crippen molar-refractivity contribution in [3.8, 4) is 0 Å². The fourth-order valence-corrected chi connectivity index (χ4v) is 3.53. The molecule has 1 fully saturated rings. The monoisotopic (exact) mass is 276 g/mol. The van der Waals surface area contributed by atoms with Crippen LogP contribution < -0.4 is 10.6 Å². The quantitative estimate of drug-likeness (QED) is 0.873. The minimum absolute atomic E-state index is 0.123. The van der Waals surface area contributed by atoms with Gasteiger partial charge < -0.3 is 10.6 Å². The number of aromatic nitrogens is 2. The van der Waals surface area contributed by atoms with Gasteiger partial charge in [0, 0.05) is 6.54 Å². The maximum atomic E-state index is 12.6. The van der Waals surface area contributed by atoms with Crippen LogP contribution in [0.4, 0.5) is 11.5 Å². The summed E-state index contributed by atoms with van der Waals surface area (Å²) in [6.45, 7) is 7.07. The molecule has 1 amide bonds. The molecular weight excluding hydrogens is 252 g/mol. The Labute approximate surface area is 120 Å². The molecule has 5 nitrogen and oxygen atoms in total. The number of carbonyl (C=O) groups is 1. The second kappa shape index (κ2) is 4.79. The molecule has 1 aliphatic heterocycles. The van der Waals surface area contributed by atoms with E-state index < -0.39 is 5.54 Å². The Morgan fingerprint density at radius 2 is 2.05 bits per heavy atom. The van der Waals surface area contributed by atoms with Crippen LogP contribution in [0.15, 0.2) is 0 Å². The Morgan fingerprint density at radius 1 is 1.35 bits per heavy atom. The first kappa shape index (κ1) is 13.5. The summed E-state index contributed by atoms with van der Waals surface area (Å²) in [7, 11) is 0. The number of fused-ring (bicyclic) bond motifs is 1. The number of anilines is 2. The van der Waals surface area contributed by atoms with Crippen LogP contribution in [0.5, 0.6) is 0 Å². The SMILES string of the molecule is CCC1CCC2(CC1)Nc1c(c(C)nn1CC)NC2=O. The van der Waals surface area contributed by atoms with E-state index in [1.165, 1.54) is 6.42 Å². The van der Waals surface area contributed by atoms with E-state index in [-0.39, 0.29) is 5.91 Å². The number of carbonyl (C=O) groups excluding carboxylic acids is 1. The Balaban J connectivity index is 1.91. The lowest BCUT2D eigenvalue weighted by molar-refractivity contribution is -0.121. The fraction of sp³-hybridized carbons (Fsp3) is 0.733. The van der Waals surface area contributed by atoms with Crippen LogP contribution in [0.3, 0.4) is 0 Å². The molecule has 2 aliphatic rings. The van der Waals surface area contributed by atoms with Crippen LogP contribution in [-0.2, 0) is 11.3 Å². The highest BCUT2D eigenvalue weighted by atomic mass is 16.2. The number of aryl methyl sites for hydroxylation is 2. The lowest BCUT2D eigenvalue weighted by Gasteiger charge is -2.42. The first-order valence-electron chi connectivity index (χ1n) is 7.76. The minimum Gasteiger partial charge on any atom is -0.354 e.